The molecule has 0 spiro atoms. The molecular weight excluding hydrogens is 380 g/mol. The normalized spacial score (nSPS) is 17.6. The third-order valence-electron chi connectivity index (χ3n) is 5.77. The highest BCUT2D eigenvalue weighted by atomic mass is 16.5. The van der Waals surface area contributed by atoms with Crippen molar-refractivity contribution in [2.45, 2.75) is 45.1 Å². The molecule has 7 heteroatoms. The average molecular weight is 411 g/mol. The van der Waals surface area contributed by atoms with Crippen LogP contribution in [0.4, 0.5) is 5.82 Å². The zero-order valence-electron chi connectivity index (χ0n) is 17.6. The van der Waals surface area contributed by atoms with Gasteiger partial charge >= 0.3 is 0 Å². The van der Waals surface area contributed by atoms with E-state index in [9.17, 15) is 4.79 Å². The Morgan fingerprint density at radius 1 is 1.00 bits per heavy atom. The van der Waals surface area contributed by atoms with Crippen molar-refractivity contribution in [3.05, 3.63) is 42.0 Å². The van der Waals surface area contributed by atoms with Gasteiger partial charge in [0.25, 0.3) is 5.91 Å². The van der Waals surface area contributed by atoms with Crippen LogP contribution in [0.3, 0.4) is 0 Å². The maximum Gasteiger partial charge on any atom is 0.257 e. The number of carbonyl (C=O) groups is 1. The minimum absolute atomic E-state index is 0.0148. The monoisotopic (exact) mass is 410 g/mol. The molecule has 2 aromatic rings. The van der Waals surface area contributed by atoms with Crippen LogP contribution in [-0.4, -0.2) is 59.9 Å². The van der Waals surface area contributed by atoms with Gasteiger partial charge in [-0.05, 0) is 50.8 Å². The minimum Gasteiger partial charge on any atom is -0.493 e. The maximum absolute atomic E-state index is 13.0. The fraction of sp³-hybridized carbons (Fsp3) is 0.522. The zero-order chi connectivity index (χ0) is 20.8. The molecule has 0 unspecified atom stereocenters. The number of nitrogens with zero attached hydrogens (tertiary/aromatic N) is 4. The fourth-order valence-electron chi connectivity index (χ4n) is 4.13. The summed E-state index contributed by atoms with van der Waals surface area (Å²) in [4.78, 5) is 17.0. The largest absolute Gasteiger partial charge is 0.493 e. The summed E-state index contributed by atoms with van der Waals surface area (Å²) in [7, 11) is 0. The first-order valence-corrected chi connectivity index (χ1v) is 11.0. The molecule has 1 aromatic heterocycles. The number of hydrogen-bond donors (Lipinski definition) is 0. The van der Waals surface area contributed by atoms with Crippen LogP contribution in [0.1, 0.15) is 49.4 Å². The summed E-state index contributed by atoms with van der Waals surface area (Å²) in [6, 6.07) is 11.3. The van der Waals surface area contributed by atoms with Crippen LogP contribution in [0.15, 0.2) is 36.4 Å². The molecule has 1 saturated heterocycles. The van der Waals surface area contributed by atoms with Gasteiger partial charge in [-0.25, -0.2) is 0 Å². The predicted molar refractivity (Wildman–Crippen MR) is 115 cm³/mol. The topological polar surface area (TPSA) is 67.8 Å². The number of ether oxygens (including phenoxy) is 2. The molecule has 1 amide bonds. The second-order valence-electron chi connectivity index (χ2n) is 7.82. The SMILES string of the molecule is CCOc1ccccc1C(=O)N1CCN(c2ccc(OC3CCCCC3)nn2)CC1. The van der Waals surface area contributed by atoms with E-state index < -0.39 is 0 Å². The van der Waals surface area contributed by atoms with Crippen molar-refractivity contribution in [3.8, 4) is 11.6 Å². The van der Waals surface area contributed by atoms with Crippen LogP contribution in [0.5, 0.6) is 11.6 Å². The van der Waals surface area contributed by atoms with E-state index in [2.05, 4.69) is 15.1 Å². The first-order chi connectivity index (χ1) is 14.7. The molecule has 1 aliphatic carbocycles. The molecule has 1 aliphatic heterocycles. The molecule has 1 aromatic carbocycles. The summed E-state index contributed by atoms with van der Waals surface area (Å²) in [5.74, 6) is 2.09. The van der Waals surface area contributed by atoms with Gasteiger partial charge in [0.05, 0.1) is 12.2 Å². The van der Waals surface area contributed by atoms with Crippen LogP contribution in [0.25, 0.3) is 0 Å². The van der Waals surface area contributed by atoms with E-state index in [1.54, 1.807) is 0 Å². The molecule has 2 heterocycles. The number of aromatic nitrogens is 2. The molecule has 0 bridgehead atoms. The molecule has 30 heavy (non-hydrogen) atoms. The summed E-state index contributed by atoms with van der Waals surface area (Å²) in [6.45, 7) is 5.19. The molecule has 160 valence electrons. The van der Waals surface area contributed by atoms with Gasteiger partial charge in [-0.3, -0.25) is 4.79 Å². The summed E-state index contributed by atoms with van der Waals surface area (Å²) in [5, 5.41) is 8.63. The molecular formula is C23H30N4O3. The van der Waals surface area contributed by atoms with Crippen LogP contribution in [0, 0.1) is 0 Å². The maximum atomic E-state index is 13.0. The van der Waals surface area contributed by atoms with Gasteiger partial charge in [-0.15, -0.1) is 10.2 Å². The van der Waals surface area contributed by atoms with E-state index >= 15 is 0 Å². The van der Waals surface area contributed by atoms with Crippen molar-refractivity contribution in [1.82, 2.24) is 15.1 Å². The number of rotatable bonds is 6. The number of piperazine rings is 1. The minimum atomic E-state index is 0.0148. The smallest absolute Gasteiger partial charge is 0.257 e. The van der Waals surface area contributed by atoms with Gasteiger partial charge < -0.3 is 19.3 Å². The van der Waals surface area contributed by atoms with E-state index in [0.29, 0.717) is 36.9 Å². The van der Waals surface area contributed by atoms with Crippen molar-refractivity contribution in [2.75, 3.05) is 37.7 Å². The van der Waals surface area contributed by atoms with Crippen molar-refractivity contribution in [1.29, 1.82) is 0 Å². The Balaban J connectivity index is 1.32. The van der Waals surface area contributed by atoms with Crippen LogP contribution >= 0.6 is 0 Å². The molecule has 2 fully saturated rings. The first kappa shape index (κ1) is 20.4. The molecule has 4 rings (SSSR count). The highest BCUT2D eigenvalue weighted by Gasteiger charge is 2.25. The number of para-hydroxylation sites is 1. The lowest BCUT2D eigenvalue weighted by Gasteiger charge is -2.35. The number of anilines is 1. The highest BCUT2D eigenvalue weighted by molar-refractivity contribution is 5.97. The second-order valence-corrected chi connectivity index (χ2v) is 7.82. The van der Waals surface area contributed by atoms with Gasteiger partial charge in [0, 0.05) is 32.2 Å². The molecule has 7 nitrogen and oxygen atoms in total. The second kappa shape index (κ2) is 9.78. The van der Waals surface area contributed by atoms with Crippen molar-refractivity contribution >= 4 is 11.7 Å². The third kappa shape index (κ3) is 4.83. The Bertz CT molecular complexity index is 829. The standard InChI is InChI=1S/C23H30N4O3/c1-2-29-20-11-7-6-10-19(20)23(28)27-16-14-26(15-17-27)21-12-13-22(25-24-21)30-18-8-4-3-5-9-18/h6-7,10-13,18H,2-5,8-9,14-17H2,1H3. The van der Waals surface area contributed by atoms with E-state index in [1.807, 2.05) is 48.2 Å². The first-order valence-electron chi connectivity index (χ1n) is 11.0. The van der Waals surface area contributed by atoms with Gasteiger partial charge in [0.1, 0.15) is 11.9 Å². The number of carbonyl (C=O) groups excluding carboxylic acids is 1. The van der Waals surface area contributed by atoms with Crippen LogP contribution in [-0.2, 0) is 0 Å². The van der Waals surface area contributed by atoms with Crippen LogP contribution < -0.4 is 14.4 Å². The summed E-state index contributed by atoms with van der Waals surface area (Å²) in [5.41, 5.74) is 0.622. The van der Waals surface area contributed by atoms with Crippen molar-refractivity contribution < 1.29 is 14.3 Å². The van der Waals surface area contributed by atoms with Crippen molar-refractivity contribution in [3.63, 3.8) is 0 Å². The van der Waals surface area contributed by atoms with Crippen LogP contribution in [0.2, 0.25) is 0 Å². The quantitative estimate of drug-likeness (QED) is 0.726. The van der Waals surface area contributed by atoms with Crippen molar-refractivity contribution in [2.24, 2.45) is 0 Å². The molecule has 2 aliphatic rings. The fourth-order valence-corrected chi connectivity index (χ4v) is 4.13. The Hall–Kier alpha value is -2.83. The lowest BCUT2D eigenvalue weighted by Crippen LogP contribution is -2.49. The number of hydrogen-bond acceptors (Lipinski definition) is 6. The van der Waals surface area contributed by atoms with E-state index in [0.717, 1.165) is 31.7 Å². The van der Waals surface area contributed by atoms with Gasteiger partial charge in [0.15, 0.2) is 5.82 Å². The Kier molecular flexibility index (Phi) is 6.67. The summed E-state index contributed by atoms with van der Waals surface area (Å²) in [6.07, 6.45) is 6.24. The van der Waals surface area contributed by atoms with E-state index in [4.69, 9.17) is 9.47 Å². The summed E-state index contributed by atoms with van der Waals surface area (Å²) >= 11 is 0. The predicted octanol–water partition coefficient (Wildman–Crippen LogP) is 3.55. The molecule has 1 saturated carbocycles. The Morgan fingerprint density at radius 2 is 1.77 bits per heavy atom. The average Bonchev–Trinajstić information content (AvgIpc) is 2.81. The van der Waals surface area contributed by atoms with Gasteiger partial charge in [0.2, 0.25) is 5.88 Å². The Morgan fingerprint density at radius 3 is 2.47 bits per heavy atom. The number of benzene rings is 1. The molecule has 0 radical (unpaired) electrons. The molecule has 0 N–H and O–H groups in total. The lowest BCUT2D eigenvalue weighted by molar-refractivity contribution is 0.0742. The highest BCUT2D eigenvalue weighted by Crippen LogP contribution is 2.24. The zero-order valence-corrected chi connectivity index (χ0v) is 17.6. The lowest BCUT2D eigenvalue weighted by atomic mass is 9.98. The number of amides is 1. The van der Waals surface area contributed by atoms with Gasteiger partial charge in [-0.2, -0.15) is 0 Å². The molecule has 0 atom stereocenters. The van der Waals surface area contributed by atoms with E-state index in [-0.39, 0.29) is 12.0 Å². The summed E-state index contributed by atoms with van der Waals surface area (Å²) < 4.78 is 11.6. The van der Waals surface area contributed by atoms with E-state index in [1.165, 1.54) is 19.3 Å². The third-order valence-corrected chi connectivity index (χ3v) is 5.77. The van der Waals surface area contributed by atoms with Gasteiger partial charge in [-0.1, -0.05) is 18.6 Å². The Labute approximate surface area is 178 Å².